The van der Waals surface area contributed by atoms with E-state index in [-0.39, 0.29) is 5.84 Å². The van der Waals surface area contributed by atoms with Crippen molar-refractivity contribution in [1.29, 1.82) is 0 Å². The van der Waals surface area contributed by atoms with Gasteiger partial charge in [0.15, 0.2) is 5.84 Å². The predicted molar refractivity (Wildman–Crippen MR) is 76.7 cm³/mol. The van der Waals surface area contributed by atoms with Crippen LogP contribution in [-0.4, -0.2) is 46.7 Å². The van der Waals surface area contributed by atoms with Crippen LogP contribution in [0, 0.1) is 0 Å². The van der Waals surface area contributed by atoms with E-state index in [9.17, 15) is 0 Å². The number of ether oxygens (including phenoxy) is 1. The molecule has 1 fully saturated rings. The molecule has 3 N–H and O–H groups in total. The summed E-state index contributed by atoms with van der Waals surface area (Å²) >= 11 is 0. The quantitative estimate of drug-likeness (QED) is 0.353. The second-order valence-corrected chi connectivity index (χ2v) is 4.96. The van der Waals surface area contributed by atoms with Gasteiger partial charge in [-0.1, -0.05) is 18.1 Å². The van der Waals surface area contributed by atoms with Gasteiger partial charge < -0.3 is 15.7 Å². The Balaban J connectivity index is 2.06. The van der Waals surface area contributed by atoms with Gasteiger partial charge in [0.2, 0.25) is 0 Å². The third-order valence-electron chi connectivity index (χ3n) is 3.57. The van der Waals surface area contributed by atoms with Gasteiger partial charge in [-0.3, -0.25) is 9.88 Å². The summed E-state index contributed by atoms with van der Waals surface area (Å²) in [6.45, 7) is 5.53. The Kier molecular flexibility index (Phi) is 5.31. The van der Waals surface area contributed by atoms with E-state index in [0.29, 0.717) is 11.8 Å². The molecule has 0 radical (unpaired) electrons. The Morgan fingerprint density at radius 2 is 2.50 bits per heavy atom. The highest BCUT2D eigenvalue weighted by Gasteiger charge is 2.19. The van der Waals surface area contributed by atoms with Crippen LogP contribution in [0.3, 0.4) is 0 Å². The van der Waals surface area contributed by atoms with Crippen molar-refractivity contribution < 1.29 is 9.94 Å². The molecule has 0 bridgehead atoms. The highest BCUT2D eigenvalue weighted by Crippen LogP contribution is 2.15. The number of aromatic nitrogens is 1. The molecule has 1 aromatic rings. The summed E-state index contributed by atoms with van der Waals surface area (Å²) < 4.78 is 5.68. The Hall–Kier alpha value is -1.66. The van der Waals surface area contributed by atoms with Gasteiger partial charge in [-0.25, -0.2) is 0 Å². The maximum absolute atomic E-state index is 8.82. The van der Waals surface area contributed by atoms with Crippen LogP contribution in [0.2, 0.25) is 0 Å². The molecule has 0 amide bonds. The smallest absolute Gasteiger partial charge is 0.189 e. The predicted octanol–water partition coefficient (Wildman–Crippen LogP) is 1.18. The number of amidine groups is 1. The third kappa shape index (κ3) is 3.68. The molecule has 1 unspecified atom stereocenters. The number of hydrogen-bond acceptors (Lipinski definition) is 5. The van der Waals surface area contributed by atoms with Crippen molar-refractivity contribution in [3.8, 4) is 0 Å². The molecule has 2 heterocycles. The van der Waals surface area contributed by atoms with E-state index >= 15 is 0 Å². The number of oxime groups is 1. The topological polar surface area (TPSA) is 84.0 Å². The number of likely N-dealkylation sites (N-methyl/N-ethyl adjacent to an activating group) is 1. The molecule has 1 saturated heterocycles. The number of nitrogens with two attached hydrogens (primary N) is 1. The first-order valence-electron chi connectivity index (χ1n) is 7.00. The highest BCUT2D eigenvalue weighted by molar-refractivity contribution is 5.96. The lowest BCUT2D eigenvalue weighted by molar-refractivity contribution is 0.0724. The third-order valence-corrected chi connectivity index (χ3v) is 3.57. The van der Waals surface area contributed by atoms with E-state index in [0.717, 1.165) is 44.6 Å². The summed E-state index contributed by atoms with van der Waals surface area (Å²) in [5.41, 5.74) is 7.17. The lowest BCUT2D eigenvalue weighted by atomic mass is 10.1. The zero-order valence-electron chi connectivity index (χ0n) is 11.8. The van der Waals surface area contributed by atoms with Crippen molar-refractivity contribution in [2.75, 3.05) is 19.7 Å². The summed E-state index contributed by atoms with van der Waals surface area (Å²) in [4.78, 5) is 6.49. The van der Waals surface area contributed by atoms with E-state index < -0.39 is 0 Å². The molecule has 0 aromatic carbocycles. The van der Waals surface area contributed by atoms with Crippen LogP contribution in [0.4, 0.5) is 0 Å². The first kappa shape index (κ1) is 14.7. The fourth-order valence-electron chi connectivity index (χ4n) is 2.47. The van der Waals surface area contributed by atoms with Gasteiger partial charge in [0.05, 0.1) is 6.10 Å². The molecule has 1 aliphatic rings. The van der Waals surface area contributed by atoms with Crippen LogP contribution in [-0.2, 0) is 11.3 Å². The van der Waals surface area contributed by atoms with Gasteiger partial charge in [0.1, 0.15) is 5.69 Å². The van der Waals surface area contributed by atoms with Gasteiger partial charge in [0, 0.05) is 25.9 Å². The van der Waals surface area contributed by atoms with Crippen LogP contribution >= 0.6 is 0 Å². The Labute approximate surface area is 119 Å². The number of pyridine rings is 1. The van der Waals surface area contributed by atoms with Crippen molar-refractivity contribution in [1.82, 2.24) is 9.88 Å². The fourth-order valence-corrected chi connectivity index (χ4v) is 2.47. The number of hydrogen-bond donors (Lipinski definition) is 2. The van der Waals surface area contributed by atoms with Gasteiger partial charge in [0.25, 0.3) is 0 Å². The average molecular weight is 278 g/mol. The first-order valence-corrected chi connectivity index (χ1v) is 7.00. The summed E-state index contributed by atoms with van der Waals surface area (Å²) in [5.74, 6) is 0.0498. The molecule has 6 nitrogen and oxygen atoms in total. The summed E-state index contributed by atoms with van der Waals surface area (Å²) in [5, 5.41) is 11.9. The number of rotatable bonds is 6. The minimum absolute atomic E-state index is 0.0498. The molecule has 0 spiro atoms. The molecule has 2 rings (SSSR count). The van der Waals surface area contributed by atoms with Gasteiger partial charge >= 0.3 is 0 Å². The monoisotopic (exact) mass is 278 g/mol. The molecule has 0 saturated carbocycles. The van der Waals surface area contributed by atoms with E-state index in [2.05, 4.69) is 22.0 Å². The normalized spacial score (nSPS) is 19.7. The summed E-state index contributed by atoms with van der Waals surface area (Å²) in [7, 11) is 0. The van der Waals surface area contributed by atoms with Crippen LogP contribution in [0.15, 0.2) is 23.5 Å². The molecular formula is C14H22N4O2. The SMILES string of the molecule is CCN(Cc1cccnc1C(N)=NO)CC1CCCO1. The van der Waals surface area contributed by atoms with Crippen LogP contribution in [0.5, 0.6) is 0 Å². The van der Waals surface area contributed by atoms with Crippen molar-refractivity contribution in [3.05, 3.63) is 29.6 Å². The van der Waals surface area contributed by atoms with Crippen molar-refractivity contribution in [2.24, 2.45) is 10.9 Å². The fraction of sp³-hybridized carbons (Fsp3) is 0.571. The summed E-state index contributed by atoms with van der Waals surface area (Å²) in [6, 6.07) is 3.82. The molecule has 1 aromatic heterocycles. The first-order chi connectivity index (χ1) is 9.74. The molecule has 1 atom stereocenters. The maximum Gasteiger partial charge on any atom is 0.189 e. The van der Waals surface area contributed by atoms with E-state index in [1.165, 1.54) is 0 Å². The zero-order chi connectivity index (χ0) is 14.4. The maximum atomic E-state index is 8.82. The van der Waals surface area contributed by atoms with E-state index in [4.69, 9.17) is 15.7 Å². The van der Waals surface area contributed by atoms with Crippen molar-refractivity contribution in [3.63, 3.8) is 0 Å². The minimum Gasteiger partial charge on any atom is -0.409 e. The molecule has 1 aliphatic heterocycles. The highest BCUT2D eigenvalue weighted by atomic mass is 16.5. The van der Waals surface area contributed by atoms with E-state index in [1.54, 1.807) is 6.20 Å². The van der Waals surface area contributed by atoms with Crippen molar-refractivity contribution >= 4 is 5.84 Å². The molecule has 0 aliphatic carbocycles. The zero-order valence-corrected chi connectivity index (χ0v) is 11.8. The van der Waals surface area contributed by atoms with Gasteiger partial charge in [-0.2, -0.15) is 0 Å². The van der Waals surface area contributed by atoms with Gasteiger partial charge in [-0.15, -0.1) is 0 Å². The van der Waals surface area contributed by atoms with E-state index in [1.807, 2.05) is 12.1 Å². The largest absolute Gasteiger partial charge is 0.409 e. The standard InChI is InChI=1S/C14H22N4O2/c1-2-18(10-12-6-4-8-20-12)9-11-5-3-7-16-13(11)14(15)17-19/h3,5,7,12,19H,2,4,6,8-10H2,1H3,(H2,15,17). The second kappa shape index (κ2) is 7.21. The van der Waals surface area contributed by atoms with Crippen LogP contribution < -0.4 is 5.73 Å². The molecule has 20 heavy (non-hydrogen) atoms. The Bertz CT molecular complexity index is 458. The number of nitrogens with zero attached hydrogens (tertiary/aromatic N) is 3. The lowest BCUT2D eigenvalue weighted by Crippen LogP contribution is -2.32. The summed E-state index contributed by atoms with van der Waals surface area (Å²) in [6.07, 6.45) is 4.23. The molecular weight excluding hydrogens is 256 g/mol. The lowest BCUT2D eigenvalue weighted by Gasteiger charge is -2.24. The Morgan fingerprint density at radius 3 is 3.15 bits per heavy atom. The molecule has 110 valence electrons. The molecule has 6 heteroatoms. The average Bonchev–Trinajstić information content (AvgIpc) is 2.99. The van der Waals surface area contributed by atoms with Crippen LogP contribution in [0.1, 0.15) is 31.0 Å². The second-order valence-electron chi connectivity index (χ2n) is 4.96. The van der Waals surface area contributed by atoms with Gasteiger partial charge in [-0.05, 0) is 31.0 Å². The minimum atomic E-state index is 0.0498. The van der Waals surface area contributed by atoms with Crippen LogP contribution in [0.25, 0.3) is 0 Å². The van der Waals surface area contributed by atoms with Crippen molar-refractivity contribution in [2.45, 2.75) is 32.4 Å². The Morgan fingerprint density at radius 1 is 1.65 bits per heavy atom.